The fraction of sp³-hybridized carbons (Fsp3) is 0.0870. The van der Waals surface area contributed by atoms with Crippen LogP contribution in [0.15, 0.2) is 83.7 Å². The highest BCUT2D eigenvalue weighted by atomic mass is 16.5. The summed E-state index contributed by atoms with van der Waals surface area (Å²) in [7, 11) is 1.48. The van der Waals surface area contributed by atoms with Gasteiger partial charge in [0.2, 0.25) is 0 Å². The minimum atomic E-state index is -0.771. The Morgan fingerprint density at radius 1 is 0.966 bits per heavy atom. The van der Waals surface area contributed by atoms with E-state index in [2.05, 4.69) is 15.3 Å². The van der Waals surface area contributed by atoms with Crippen LogP contribution in [0.2, 0.25) is 0 Å². The number of anilines is 1. The van der Waals surface area contributed by atoms with E-state index in [1.54, 1.807) is 30.3 Å². The highest BCUT2D eigenvalue weighted by Gasteiger charge is 2.21. The van der Waals surface area contributed by atoms with Crippen molar-refractivity contribution >= 4 is 22.6 Å². The Morgan fingerprint density at radius 2 is 1.66 bits per heavy atom. The predicted octanol–water partition coefficient (Wildman–Crippen LogP) is 3.92. The quantitative estimate of drug-likeness (QED) is 0.545. The van der Waals surface area contributed by atoms with Gasteiger partial charge in [-0.25, -0.2) is 4.98 Å². The largest absolute Gasteiger partial charge is 0.367 e. The number of aromatic nitrogens is 2. The third kappa shape index (κ3) is 3.79. The number of fused-ring (bicyclic) bond motifs is 1. The molecule has 0 aliphatic heterocycles. The number of aromatic amines is 1. The lowest BCUT2D eigenvalue weighted by atomic mass is 10.1. The first kappa shape index (κ1) is 18.6. The lowest BCUT2D eigenvalue weighted by Crippen LogP contribution is -2.23. The van der Waals surface area contributed by atoms with Gasteiger partial charge in [0.15, 0.2) is 6.10 Å². The van der Waals surface area contributed by atoms with E-state index in [0.717, 1.165) is 5.56 Å². The maximum absolute atomic E-state index is 12.9. The molecular formula is C23H19N3O3. The summed E-state index contributed by atoms with van der Waals surface area (Å²) in [5, 5.41) is 2.88. The predicted molar refractivity (Wildman–Crippen MR) is 113 cm³/mol. The van der Waals surface area contributed by atoms with Crippen LogP contribution in [-0.4, -0.2) is 23.0 Å². The van der Waals surface area contributed by atoms with Crippen LogP contribution in [0.4, 0.5) is 5.69 Å². The molecule has 0 radical (unpaired) electrons. The number of nitrogens with zero attached hydrogens (tertiary/aromatic N) is 1. The molecular weight excluding hydrogens is 366 g/mol. The lowest BCUT2D eigenvalue weighted by Gasteiger charge is -2.17. The van der Waals surface area contributed by atoms with Crippen LogP contribution in [-0.2, 0) is 9.53 Å². The zero-order chi connectivity index (χ0) is 20.2. The lowest BCUT2D eigenvalue weighted by molar-refractivity contribution is -0.126. The molecule has 4 aromatic rings. The third-order valence-corrected chi connectivity index (χ3v) is 4.62. The summed E-state index contributed by atoms with van der Waals surface area (Å²) in [6.45, 7) is 0. The minimum absolute atomic E-state index is 0.244. The van der Waals surface area contributed by atoms with Gasteiger partial charge in [-0.05, 0) is 23.8 Å². The topological polar surface area (TPSA) is 84.1 Å². The van der Waals surface area contributed by atoms with Gasteiger partial charge >= 0.3 is 0 Å². The summed E-state index contributed by atoms with van der Waals surface area (Å²) in [4.78, 5) is 32.9. The van der Waals surface area contributed by atoms with Crippen molar-refractivity contribution in [2.75, 3.05) is 12.4 Å². The van der Waals surface area contributed by atoms with Crippen molar-refractivity contribution in [2.24, 2.45) is 0 Å². The number of methoxy groups -OCH3 is 1. The molecule has 2 N–H and O–H groups in total. The van der Waals surface area contributed by atoms with E-state index in [1.807, 2.05) is 48.5 Å². The molecule has 6 nitrogen and oxygen atoms in total. The molecule has 1 aromatic heterocycles. The Labute approximate surface area is 167 Å². The number of amides is 1. The smallest absolute Gasteiger partial charge is 0.275 e. The normalized spacial score (nSPS) is 11.9. The molecule has 0 saturated carbocycles. The van der Waals surface area contributed by atoms with Crippen molar-refractivity contribution < 1.29 is 9.53 Å². The van der Waals surface area contributed by atoms with Gasteiger partial charge in [0, 0.05) is 12.7 Å². The van der Waals surface area contributed by atoms with E-state index in [4.69, 9.17) is 4.74 Å². The molecule has 0 bridgehead atoms. The Bertz CT molecular complexity index is 1220. The van der Waals surface area contributed by atoms with Crippen molar-refractivity contribution in [2.45, 2.75) is 6.10 Å². The number of para-hydroxylation sites is 3. The number of carbonyl (C=O) groups excluding carboxylic acids is 1. The van der Waals surface area contributed by atoms with Gasteiger partial charge in [0.1, 0.15) is 5.69 Å². The number of nitrogens with one attached hydrogen (secondary N) is 2. The van der Waals surface area contributed by atoms with Gasteiger partial charge in [-0.15, -0.1) is 0 Å². The average Bonchev–Trinajstić information content (AvgIpc) is 2.75. The molecule has 29 heavy (non-hydrogen) atoms. The summed E-state index contributed by atoms with van der Waals surface area (Å²) in [5.74, 6) is -0.330. The van der Waals surface area contributed by atoms with Crippen LogP contribution in [0.5, 0.6) is 0 Å². The van der Waals surface area contributed by atoms with Crippen molar-refractivity contribution in [1.29, 1.82) is 0 Å². The van der Waals surface area contributed by atoms with Crippen LogP contribution < -0.4 is 10.9 Å². The second kappa shape index (κ2) is 8.08. The number of ether oxygens (including phenoxy) is 1. The van der Waals surface area contributed by atoms with E-state index in [1.165, 1.54) is 7.11 Å². The number of hydrogen-bond acceptors (Lipinski definition) is 4. The molecule has 3 aromatic carbocycles. The third-order valence-electron chi connectivity index (χ3n) is 4.62. The number of carbonyl (C=O) groups is 1. The molecule has 0 aliphatic carbocycles. The Balaban J connectivity index is 1.72. The first-order chi connectivity index (χ1) is 14.2. The van der Waals surface area contributed by atoms with E-state index in [9.17, 15) is 9.59 Å². The Kier molecular flexibility index (Phi) is 5.18. The van der Waals surface area contributed by atoms with Gasteiger partial charge in [-0.3, -0.25) is 9.59 Å². The van der Waals surface area contributed by atoms with Crippen LogP contribution in [0.3, 0.4) is 0 Å². The second-order valence-corrected chi connectivity index (χ2v) is 6.49. The Morgan fingerprint density at radius 3 is 2.45 bits per heavy atom. The molecule has 1 heterocycles. The fourth-order valence-corrected chi connectivity index (χ4v) is 3.23. The van der Waals surface area contributed by atoms with Crippen molar-refractivity contribution in [3.05, 3.63) is 94.8 Å². The van der Waals surface area contributed by atoms with Crippen molar-refractivity contribution in [1.82, 2.24) is 9.97 Å². The molecule has 1 atom stereocenters. The van der Waals surface area contributed by atoms with E-state index < -0.39 is 6.10 Å². The summed E-state index contributed by atoms with van der Waals surface area (Å²) in [6.07, 6.45) is -0.771. The van der Waals surface area contributed by atoms with Crippen molar-refractivity contribution in [3.63, 3.8) is 0 Å². The maximum Gasteiger partial charge on any atom is 0.275 e. The molecule has 0 saturated heterocycles. The van der Waals surface area contributed by atoms with Crippen molar-refractivity contribution in [3.8, 4) is 11.3 Å². The maximum atomic E-state index is 12.9. The summed E-state index contributed by atoms with van der Waals surface area (Å²) in [5.41, 5.74) is 3.02. The molecule has 0 unspecified atom stereocenters. The zero-order valence-electron chi connectivity index (χ0n) is 15.8. The zero-order valence-corrected chi connectivity index (χ0v) is 15.8. The first-order valence-corrected chi connectivity index (χ1v) is 9.14. The molecule has 0 aliphatic rings. The minimum Gasteiger partial charge on any atom is -0.367 e. The van der Waals surface area contributed by atoms with E-state index in [-0.39, 0.29) is 17.2 Å². The molecule has 144 valence electrons. The second-order valence-electron chi connectivity index (χ2n) is 6.49. The van der Waals surface area contributed by atoms with Gasteiger partial charge in [0.05, 0.1) is 16.7 Å². The van der Waals surface area contributed by atoms with Crippen LogP contribution in [0, 0.1) is 0 Å². The monoisotopic (exact) mass is 385 g/mol. The van der Waals surface area contributed by atoms with Gasteiger partial charge < -0.3 is 15.0 Å². The standard InChI is InChI=1S/C23H19N3O3/c1-29-21(15-9-3-2-4-10-15)23(28)25-17-12-6-5-11-16(17)20-22(27)26-19-14-8-7-13-18(19)24-20/h2-14,21H,1H3,(H,25,28)(H,26,27)/t21-/m1/s1. The van der Waals surface area contributed by atoms with Crippen LogP contribution in [0.1, 0.15) is 11.7 Å². The molecule has 0 spiro atoms. The first-order valence-electron chi connectivity index (χ1n) is 9.14. The highest BCUT2D eigenvalue weighted by Crippen LogP contribution is 2.27. The summed E-state index contributed by atoms with van der Waals surface area (Å²) < 4.78 is 5.40. The molecule has 6 heteroatoms. The average molecular weight is 385 g/mol. The number of benzene rings is 3. The van der Waals surface area contributed by atoms with Crippen LogP contribution in [0.25, 0.3) is 22.3 Å². The SMILES string of the molecule is CO[C@@H](C(=O)Nc1ccccc1-c1nc2ccccc2[nH]c1=O)c1ccccc1. The van der Waals surface area contributed by atoms with E-state index in [0.29, 0.717) is 22.3 Å². The van der Waals surface area contributed by atoms with Crippen LogP contribution >= 0.6 is 0 Å². The Hall–Kier alpha value is -3.77. The molecule has 1 amide bonds. The van der Waals surface area contributed by atoms with E-state index >= 15 is 0 Å². The summed E-state index contributed by atoms with van der Waals surface area (Å²) in [6, 6.07) is 23.6. The highest BCUT2D eigenvalue weighted by molar-refractivity contribution is 5.98. The fourth-order valence-electron chi connectivity index (χ4n) is 3.23. The number of H-pyrrole nitrogens is 1. The summed E-state index contributed by atoms with van der Waals surface area (Å²) >= 11 is 0. The van der Waals surface area contributed by atoms with Gasteiger partial charge in [-0.1, -0.05) is 60.7 Å². The van der Waals surface area contributed by atoms with Gasteiger partial charge in [0.25, 0.3) is 11.5 Å². The molecule has 4 rings (SSSR count). The van der Waals surface area contributed by atoms with Gasteiger partial charge in [-0.2, -0.15) is 0 Å². The number of hydrogen-bond donors (Lipinski definition) is 2. The molecule has 0 fully saturated rings. The number of rotatable bonds is 5.